The second-order valence-electron chi connectivity index (χ2n) is 14.2. The van der Waals surface area contributed by atoms with Crippen molar-refractivity contribution in [1.82, 2.24) is 0 Å². The Bertz CT molecular complexity index is 1310. The number of methoxy groups -OCH3 is 1. The van der Waals surface area contributed by atoms with Crippen LogP contribution >= 0.6 is 0 Å². The summed E-state index contributed by atoms with van der Waals surface area (Å²) in [5.74, 6) is 5.82. The first-order valence-corrected chi connectivity index (χ1v) is 15.3. The highest BCUT2D eigenvalue weighted by Gasteiger charge is 2.89. The van der Waals surface area contributed by atoms with Crippen molar-refractivity contribution in [3.63, 3.8) is 0 Å². The molecule has 38 heavy (non-hydrogen) atoms. The maximum atomic E-state index is 14.8. The van der Waals surface area contributed by atoms with E-state index < -0.39 is 5.41 Å². The van der Waals surface area contributed by atoms with E-state index in [1.807, 2.05) is 0 Å². The number of fused-ring (bicyclic) bond motifs is 5. The molecule has 0 bridgehead atoms. The summed E-state index contributed by atoms with van der Waals surface area (Å²) in [5.41, 5.74) is 2.01. The number of hydrogen-bond acceptors (Lipinski definition) is 3. The third kappa shape index (κ3) is 2.30. The largest absolute Gasteiger partial charge is 0.469 e. The molecule has 7 aliphatic rings. The Morgan fingerprint density at radius 2 is 1.34 bits per heavy atom. The van der Waals surface area contributed by atoms with Crippen molar-refractivity contribution in [2.75, 3.05) is 7.11 Å². The minimum Gasteiger partial charge on any atom is -0.469 e. The van der Waals surface area contributed by atoms with Crippen LogP contribution in [0.4, 0.5) is 0 Å². The van der Waals surface area contributed by atoms with Crippen LogP contribution < -0.4 is 0 Å². The zero-order valence-electron chi connectivity index (χ0n) is 22.3. The van der Waals surface area contributed by atoms with E-state index in [1.54, 1.807) is 7.11 Å². The Kier molecular flexibility index (Phi) is 4.36. The zero-order chi connectivity index (χ0) is 25.4. The molecule has 2 aromatic rings. The van der Waals surface area contributed by atoms with E-state index in [2.05, 4.69) is 60.7 Å². The molecule has 7 saturated carbocycles. The van der Waals surface area contributed by atoms with Gasteiger partial charge in [-0.1, -0.05) is 67.1 Å². The summed E-state index contributed by atoms with van der Waals surface area (Å²) in [7, 11) is 1.64. The normalized spacial score (nSPS) is 50.0. The first-order chi connectivity index (χ1) is 18.6. The fourth-order valence-corrected chi connectivity index (χ4v) is 13.7. The van der Waals surface area contributed by atoms with E-state index in [1.165, 1.54) is 30.4 Å². The molecule has 9 rings (SSSR count). The molecule has 3 heteroatoms. The summed E-state index contributed by atoms with van der Waals surface area (Å²) < 4.78 is 5.85. The van der Waals surface area contributed by atoms with Crippen LogP contribution in [0.25, 0.3) is 0 Å². The molecule has 0 spiro atoms. The van der Waals surface area contributed by atoms with Gasteiger partial charge in [-0.2, -0.15) is 0 Å². The van der Waals surface area contributed by atoms with Crippen molar-refractivity contribution < 1.29 is 14.3 Å². The second kappa shape index (κ2) is 7.40. The van der Waals surface area contributed by atoms with Crippen molar-refractivity contribution >= 4 is 11.8 Å². The van der Waals surface area contributed by atoms with E-state index in [0.717, 1.165) is 25.7 Å². The van der Waals surface area contributed by atoms with Gasteiger partial charge in [0.25, 0.3) is 0 Å². The van der Waals surface area contributed by atoms with E-state index in [9.17, 15) is 9.59 Å². The van der Waals surface area contributed by atoms with E-state index in [-0.39, 0.29) is 17.3 Å². The summed E-state index contributed by atoms with van der Waals surface area (Å²) in [4.78, 5) is 29.1. The van der Waals surface area contributed by atoms with Gasteiger partial charge in [-0.3, -0.25) is 9.59 Å². The van der Waals surface area contributed by atoms with Gasteiger partial charge in [-0.15, -0.1) is 0 Å². The van der Waals surface area contributed by atoms with Gasteiger partial charge in [0, 0.05) is 11.3 Å². The van der Waals surface area contributed by atoms with Crippen LogP contribution in [-0.2, 0) is 27.2 Å². The van der Waals surface area contributed by atoms with Crippen molar-refractivity contribution in [3.8, 4) is 0 Å². The lowest BCUT2D eigenvalue weighted by molar-refractivity contribution is -0.162. The van der Waals surface area contributed by atoms with Crippen LogP contribution in [0.3, 0.4) is 0 Å². The van der Waals surface area contributed by atoms with Crippen molar-refractivity contribution in [2.45, 2.75) is 44.9 Å². The highest BCUT2D eigenvalue weighted by molar-refractivity contribution is 5.93. The van der Waals surface area contributed by atoms with Gasteiger partial charge >= 0.3 is 5.97 Å². The number of carbonyl (C=O) groups is 2. The molecule has 0 aliphatic heterocycles. The molecule has 0 aromatic heterocycles. The molecular weight excluding hydrogens is 468 g/mol. The van der Waals surface area contributed by atoms with Gasteiger partial charge in [0.2, 0.25) is 0 Å². The smallest absolute Gasteiger partial charge is 0.312 e. The Balaban J connectivity index is 1.28. The molecule has 0 unspecified atom stereocenters. The molecule has 196 valence electrons. The van der Waals surface area contributed by atoms with Crippen LogP contribution in [0.1, 0.15) is 43.2 Å². The van der Waals surface area contributed by atoms with Gasteiger partial charge in [-0.25, -0.2) is 0 Å². The summed E-state index contributed by atoms with van der Waals surface area (Å²) in [6, 6.07) is 21.7. The maximum Gasteiger partial charge on any atom is 0.312 e. The molecular formula is C35H38O3. The minimum absolute atomic E-state index is 0.0699. The van der Waals surface area contributed by atoms with Gasteiger partial charge in [0.1, 0.15) is 5.78 Å². The number of hydrogen-bond donors (Lipinski definition) is 0. The minimum atomic E-state index is -0.431. The van der Waals surface area contributed by atoms with Crippen molar-refractivity contribution in [2.24, 2.45) is 75.9 Å². The van der Waals surface area contributed by atoms with Gasteiger partial charge in [0.05, 0.1) is 12.5 Å². The molecule has 0 amide bonds. The Morgan fingerprint density at radius 3 is 2.03 bits per heavy atom. The highest BCUT2D eigenvalue weighted by Crippen LogP contribution is 2.88. The molecule has 0 heterocycles. The first-order valence-electron chi connectivity index (χ1n) is 15.3. The van der Waals surface area contributed by atoms with Crippen molar-refractivity contribution in [1.29, 1.82) is 0 Å². The van der Waals surface area contributed by atoms with Gasteiger partial charge < -0.3 is 4.74 Å². The van der Waals surface area contributed by atoms with Crippen LogP contribution in [-0.4, -0.2) is 18.9 Å². The van der Waals surface area contributed by atoms with Crippen LogP contribution in [0.15, 0.2) is 60.7 Å². The summed E-state index contributed by atoms with van der Waals surface area (Å²) >= 11 is 0. The fourth-order valence-electron chi connectivity index (χ4n) is 13.7. The summed E-state index contributed by atoms with van der Waals surface area (Å²) in [6.45, 7) is 0. The lowest BCUT2D eigenvalue weighted by Crippen LogP contribution is -2.48. The topological polar surface area (TPSA) is 43.4 Å². The van der Waals surface area contributed by atoms with Crippen LogP contribution in [0, 0.1) is 75.9 Å². The fraction of sp³-hybridized carbons (Fsp3) is 0.600. The molecule has 0 saturated heterocycles. The summed E-state index contributed by atoms with van der Waals surface area (Å²) in [6.07, 6.45) is 7.66. The first kappa shape index (κ1) is 22.4. The third-order valence-electron chi connectivity index (χ3n) is 13.7. The molecule has 0 N–H and O–H groups in total. The van der Waals surface area contributed by atoms with Gasteiger partial charge in [-0.05, 0) is 109 Å². The predicted octanol–water partition coefficient (Wildman–Crippen LogP) is 6.01. The monoisotopic (exact) mass is 506 g/mol. The van der Waals surface area contributed by atoms with E-state index in [4.69, 9.17) is 4.74 Å². The number of esters is 1. The van der Waals surface area contributed by atoms with E-state index in [0.29, 0.717) is 65.0 Å². The molecule has 0 radical (unpaired) electrons. The van der Waals surface area contributed by atoms with Crippen molar-refractivity contribution in [3.05, 3.63) is 71.8 Å². The number of rotatable bonds is 5. The average molecular weight is 507 g/mol. The second-order valence-corrected chi connectivity index (χ2v) is 14.2. The number of Topliss-reactive ketones (excluding diaryl/α,β-unsaturated/α-hetero) is 1. The van der Waals surface area contributed by atoms with Crippen LogP contribution in [0.2, 0.25) is 0 Å². The number of ether oxygens (including phenoxy) is 1. The van der Waals surface area contributed by atoms with E-state index >= 15 is 0 Å². The van der Waals surface area contributed by atoms with Gasteiger partial charge in [0.15, 0.2) is 0 Å². The summed E-state index contributed by atoms with van der Waals surface area (Å²) in [5, 5.41) is 0. The molecule has 13 atom stereocenters. The SMILES string of the molecule is COC(=O)[C@@]1(Cc2ccccc2)[C@@H]2[C@H]3CC[C@@H]4C(=O)[C@]5(Cc6ccccc6)[C@H]([C@H]2[C@@H]2[C@H]1[C@@H]1CCC[C@@H]1[C@H]25)[C@@H]34. The standard InChI is InChI=1S/C35H38O3/c1-38-33(37)35(18-20-11-6-3-7-12-20)29-22-14-8-13-21(22)28-26(29)27-30(35)23-15-16-24-25(23)31(27)34(28,32(24)36)17-19-9-4-2-5-10-19/h2-7,9-12,21-31H,8,13-18H2,1H3/t21-,22+,23-,24-,25-,26-,27-,28+,29+,30+,31-,34-,35+/m0/s1. The zero-order valence-corrected chi connectivity index (χ0v) is 22.3. The lowest BCUT2D eigenvalue weighted by atomic mass is 9.60. The highest BCUT2D eigenvalue weighted by atomic mass is 16.5. The Labute approximate surface area is 225 Å². The lowest BCUT2D eigenvalue weighted by Gasteiger charge is -2.42. The number of benzene rings is 2. The maximum absolute atomic E-state index is 14.8. The molecule has 7 fully saturated rings. The molecule has 3 nitrogen and oxygen atoms in total. The van der Waals surface area contributed by atoms with Crippen LogP contribution in [0.5, 0.6) is 0 Å². The third-order valence-corrected chi connectivity index (χ3v) is 13.7. The number of carbonyl (C=O) groups excluding carboxylic acids is 2. The predicted molar refractivity (Wildman–Crippen MR) is 144 cm³/mol. The molecule has 2 aromatic carbocycles. The quantitative estimate of drug-likeness (QED) is 0.467. The number of ketones is 1. The Morgan fingerprint density at radius 1 is 0.737 bits per heavy atom. The molecule has 7 aliphatic carbocycles. The Hall–Kier alpha value is -2.42. The average Bonchev–Trinajstić information content (AvgIpc) is 3.75.